The van der Waals surface area contributed by atoms with Crippen molar-refractivity contribution in [2.24, 2.45) is 0 Å². The van der Waals surface area contributed by atoms with Crippen LogP contribution in [0.2, 0.25) is 0 Å². The third-order valence-corrected chi connectivity index (χ3v) is 4.52. The first-order valence-corrected chi connectivity index (χ1v) is 8.42. The normalized spacial score (nSPS) is 17.5. The first kappa shape index (κ1) is 15.1. The number of aryl methyl sites for hydroxylation is 2. The Morgan fingerprint density at radius 3 is 2.91 bits per heavy atom. The third-order valence-electron chi connectivity index (χ3n) is 3.62. The Morgan fingerprint density at radius 1 is 1.27 bits per heavy atom. The second-order valence-electron chi connectivity index (χ2n) is 5.33. The number of aromatic nitrogens is 2. The van der Waals surface area contributed by atoms with Crippen LogP contribution in [-0.2, 0) is 22.4 Å². The van der Waals surface area contributed by atoms with Crippen molar-refractivity contribution >= 4 is 22.4 Å². The molecule has 1 fully saturated rings. The fraction of sp³-hybridized carbons (Fsp3) is 0.438. The van der Waals surface area contributed by atoms with Crippen LogP contribution in [0.25, 0.3) is 0 Å². The molecule has 6 heteroatoms. The molecule has 2 aromatic rings. The van der Waals surface area contributed by atoms with E-state index < -0.39 is 0 Å². The van der Waals surface area contributed by atoms with Gasteiger partial charge < -0.3 is 4.74 Å². The van der Waals surface area contributed by atoms with Crippen molar-refractivity contribution in [1.29, 1.82) is 0 Å². The molecule has 116 valence electrons. The van der Waals surface area contributed by atoms with Gasteiger partial charge in [0.25, 0.3) is 5.91 Å². The van der Waals surface area contributed by atoms with Crippen molar-refractivity contribution in [2.75, 3.05) is 11.9 Å². The first-order chi connectivity index (χ1) is 10.8. The Kier molecular flexibility index (Phi) is 5.13. The molecule has 1 aliphatic rings. The van der Waals surface area contributed by atoms with Gasteiger partial charge in [-0.05, 0) is 31.2 Å². The third kappa shape index (κ3) is 4.11. The van der Waals surface area contributed by atoms with Crippen molar-refractivity contribution in [3.63, 3.8) is 0 Å². The SMILES string of the molecule is O=C(Nc1nnc(CCCc2ccccc2)s1)[C@@H]1CCCO1. The van der Waals surface area contributed by atoms with Gasteiger partial charge in [-0.3, -0.25) is 10.1 Å². The van der Waals surface area contributed by atoms with Crippen molar-refractivity contribution in [2.45, 2.75) is 38.2 Å². The van der Waals surface area contributed by atoms with Crippen molar-refractivity contribution in [3.05, 3.63) is 40.9 Å². The molecule has 1 atom stereocenters. The lowest BCUT2D eigenvalue weighted by molar-refractivity contribution is -0.124. The molecule has 3 rings (SSSR count). The van der Waals surface area contributed by atoms with E-state index >= 15 is 0 Å². The zero-order valence-corrected chi connectivity index (χ0v) is 13.1. The van der Waals surface area contributed by atoms with Crippen LogP contribution >= 0.6 is 11.3 Å². The van der Waals surface area contributed by atoms with Gasteiger partial charge in [-0.1, -0.05) is 41.7 Å². The summed E-state index contributed by atoms with van der Waals surface area (Å²) >= 11 is 1.45. The minimum absolute atomic E-state index is 0.107. The predicted octanol–water partition coefficient (Wildman–Crippen LogP) is 2.83. The molecular formula is C16H19N3O2S. The number of nitrogens with zero attached hydrogens (tertiary/aromatic N) is 2. The van der Waals surface area contributed by atoms with E-state index in [1.54, 1.807) is 0 Å². The zero-order chi connectivity index (χ0) is 15.2. The van der Waals surface area contributed by atoms with Gasteiger partial charge in [-0.15, -0.1) is 10.2 Å². The van der Waals surface area contributed by atoms with Gasteiger partial charge in [0.05, 0.1) is 0 Å². The molecule has 5 nitrogen and oxygen atoms in total. The highest BCUT2D eigenvalue weighted by atomic mass is 32.1. The van der Waals surface area contributed by atoms with Gasteiger partial charge >= 0.3 is 0 Å². The monoisotopic (exact) mass is 317 g/mol. The molecule has 22 heavy (non-hydrogen) atoms. The van der Waals surface area contributed by atoms with Crippen LogP contribution in [0, 0.1) is 0 Å². The summed E-state index contributed by atoms with van der Waals surface area (Å²) in [6.45, 7) is 0.666. The molecule has 0 bridgehead atoms. The molecule has 1 N–H and O–H groups in total. The number of benzene rings is 1. The summed E-state index contributed by atoms with van der Waals surface area (Å²) in [5.41, 5.74) is 1.33. The number of carbonyl (C=O) groups is 1. The number of ether oxygens (including phenoxy) is 1. The number of rotatable bonds is 6. The summed E-state index contributed by atoms with van der Waals surface area (Å²) in [5.74, 6) is -0.107. The Hall–Kier alpha value is -1.79. The largest absolute Gasteiger partial charge is 0.368 e. The number of carbonyl (C=O) groups excluding carboxylic acids is 1. The van der Waals surface area contributed by atoms with Crippen LogP contribution in [0.3, 0.4) is 0 Å². The second-order valence-corrected chi connectivity index (χ2v) is 6.39. The van der Waals surface area contributed by atoms with Crippen LogP contribution in [0.1, 0.15) is 29.8 Å². The van der Waals surface area contributed by atoms with E-state index in [0.717, 1.165) is 37.1 Å². The van der Waals surface area contributed by atoms with Crippen LogP contribution in [0.15, 0.2) is 30.3 Å². The van der Waals surface area contributed by atoms with Gasteiger partial charge in [0.2, 0.25) is 5.13 Å². The average Bonchev–Trinajstić information content (AvgIpc) is 3.20. The average molecular weight is 317 g/mol. The van der Waals surface area contributed by atoms with Gasteiger partial charge in [-0.25, -0.2) is 0 Å². The summed E-state index contributed by atoms with van der Waals surface area (Å²) in [5, 5.41) is 12.5. The van der Waals surface area contributed by atoms with E-state index in [0.29, 0.717) is 11.7 Å². The highest BCUT2D eigenvalue weighted by Gasteiger charge is 2.24. The van der Waals surface area contributed by atoms with E-state index in [4.69, 9.17) is 4.74 Å². The predicted molar refractivity (Wildman–Crippen MR) is 86.0 cm³/mol. The van der Waals surface area contributed by atoms with Gasteiger partial charge in [-0.2, -0.15) is 0 Å². The topological polar surface area (TPSA) is 64.1 Å². The minimum Gasteiger partial charge on any atom is -0.368 e. The summed E-state index contributed by atoms with van der Waals surface area (Å²) in [6.07, 6.45) is 4.33. The molecule has 1 amide bonds. The molecule has 0 aliphatic carbocycles. The summed E-state index contributed by atoms with van der Waals surface area (Å²) in [7, 11) is 0. The first-order valence-electron chi connectivity index (χ1n) is 7.60. The Morgan fingerprint density at radius 2 is 2.14 bits per heavy atom. The van der Waals surface area contributed by atoms with E-state index in [-0.39, 0.29) is 12.0 Å². The molecule has 0 radical (unpaired) electrons. The maximum absolute atomic E-state index is 11.9. The molecule has 0 spiro atoms. The van der Waals surface area contributed by atoms with Crippen LogP contribution in [0.5, 0.6) is 0 Å². The number of hydrogen-bond donors (Lipinski definition) is 1. The number of amides is 1. The lowest BCUT2D eigenvalue weighted by Crippen LogP contribution is -2.26. The smallest absolute Gasteiger partial charge is 0.255 e. The van der Waals surface area contributed by atoms with Crippen molar-refractivity contribution < 1.29 is 9.53 Å². The van der Waals surface area contributed by atoms with Crippen LogP contribution in [0.4, 0.5) is 5.13 Å². The highest BCUT2D eigenvalue weighted by molar-refractivity contribution is 7.15. The van der Waals surface area contributed by atoms with Gasteiger partial charge in [0.15, 0.2) is 0 Å². The maximum Gasteiger partial charge on any atom is 0.255 e. The quantitative estimate of drug-likeness (QED) is 0.890. The molecule has 1 aromatic heterocycles. The van der Waals surface area contributed by atoms with Gasteiger partial charge in [0, 0.05) is 13.0 Å². The molecule has 0 saturated carbocycles. The van der Waals surface area contributed by atoms with Crippen molar-refractivity contribution in [1.82, 2.24) is 10.2 Å². The Bertz CT molecular complexity index is 609. The number of hydrogen-bond acceptors (Lipinski definition) is 5. The summed E-state index contributed by atoms with van der Waals surface area (Å²) in [6, 6.07) is 10.4. The van der Waals surface area contributed by atoms with E-state index in [9.17, 15) is 4.79 Å². The minimum atomic E-state index is -0.328. The lowest BCUT2D eigenvalue weighted by Gasteiger charge is -2.06. The van der Waals surface area contributed by atoms with E-state index in [1.165, 1.54) is 16.9 Å². The molecule has 1 saturated heterocycles. The molecular weight excluding hydrogens is 298 g/mol. The van der Waals surface area contributed by atoms with Crippen LogP contribution in [-0.4, -0.2) is 28.8 Å². The zero-order valence-electron chi connectivity index (χ0n) is 12.3. The number of nitrogens with one attached hydrogen (secondary N) is 1. The summed E-state index contributed by atoms with van der Waals surface area (Å²) < 4.78 is 5.35. The van der Waals surface area contributed by atoms with E-state index in [1.807, 2.05) is 6.07 Å². The fourth-order valence-electron chi connectivity index (χ4n) is 2.46. The molecule has 1 aliphatic heterocycles. The van der Waals surface area contributed by atoms with E-state index in [2.05, 4.69) is 39.8 Å². The standard InChI is InChI=1S/C16H19N3O2S/c20-15(13-9-5-11-21-13)17-16-19-18-14(22-16)10-4-8-12-6-2-1-3-7-12/h1-3,6-7,13H,4-5,8-11H2,(H,17,19,20)/t13-/m0/s1. The Labute approximate surface area is 133 Å². The number of anilines is 1. The van der Waals surface area contributed by atoms with Gasteiger partial charge in [0.1, 0.15) is 11.1 Å². The fourth-order valence-corrected chi connectivity index (χ4v) is 3.25. The lowest BCUT2D eigenvalue weighted by atomic mass is 10.1. The van der Waals surface area contributed by atoms with Crippen molar-refractivity contribution in [3.8, 4) is 0 Å². The molecule has 2 heterocycles. The second kappa shape index (κ2) is 7.47. The van der Waals surface area contributed by atoms with Crippen LogP contribution < -0.4 is 5.32 Å². The molecule has 1 aromatic carbocycles. The highest BCUT2D eigenvalue weighted by Crippen LogP contribution is 2.20. The Balaban J connectivity index is 1.45. The molecule has 0 unspecified atom stereocenters. The summed E-state index contributed by atoms with van der Waals surface area (Å²) in [4.78, 5) is 11.9. The maximum atomic E-state index is 11.9.